The van der Waals surface area contributed by atoms with Crippen molar-refractivity contribution in [1.29, 1.82) is 0 Å². The molecule has 0 unspecified atom stereocenters. The third kappa shape index (κ3) is 2.46. The predicted molar refractivity (Wildman–Crippen MR) is 82.2 cm³/mol. The lowest BCUT2D eigenvalue weighted by atomic mass is 9.91. The minimum atomic E-state index is -0.378. The van der Waals surface area contributed by atoms with Crippen LogP contribution in [0.15, 0.2) is 54.9 Å². The molecule has 0 bridgehead atoms. The van der Waals surface area contributed by atoms with Crippen molar-refractivity contribution < 1.29 is 9.66 Å². The van der Waals surface area contributed by atoms with Gasteiger partial charge in [0.1, 0.15) is 5.75 Å². The van der Waals surface area contributed by atoms with Crippen LogP contribution >= 0.6 is 0 Å². The van der Waals surface area contributed by atoms with Gasteiger partial charge in [0.15, 0.2) is 0 Å². The standard InChI is InChI=1S/C16H15N3O3/c1-22-11-6-7-12(15(10-11)19(20)21)16(13-4-2-8-17-13)14-5-3-9-18-14/h2-10,16-18H,1H3. The number of nitrogens with one attached hydrogen (secondary N) is 2. The largest absolute Gasteiger partial charge is 0.497 e. The van der Waals surface area contributed by atoms with Crippen LogP contribution in [0.5, 0.6) is 5.75 Å². The zero-order valence-corrected chi connectivity index (χ0v) is 11.9. The molecule has 0 radical (unpaired) electrons. The molecule has 1 aromatic carbocycles. The van der Waals surface area contributed by atoms with Gasteiger partial charge in [0.25, 0.3) is 5.69 Å². The van der Waals surface area contributed by atoms with Crippen LogP contribution < -0.4 is 4.74 Å². The van der Waals surface area contributed by atoms with Crippen molar-refractivity contribution in [2.75, 3.05) is 7.11 Å². The van der Waals surface area contributed by atoms with E-state index in [2.05, 4.69) is 9.97 Å². The molecule has 0 aliphatic rings. The Kier molecular flexibility index (Phi) is 3.65. The molecule has 0 aliphatic heterocycles. The molecule has 2 aromatic heterocycles. The second-order valence-corrected chi connectivity index (χ2v) is 4.87. The first kappa shape index (κ1) is 13.9. The van der Waals surface area contributed by atoms with Crippen LogP contribution in [0.25, 0.3) is 0 Å². The van der Waals surface area contributed by atoms with Gasteiger partial charge in [0, 0.05) is 29.3 Å². The highest BCUT2D eigenvalue weighted by Crippen LogP contribution is 2.37. The topological polar surface area (TPSA) is 84.0 Å². The van der Waals surface area contributed by atoms with Crippen molar-refractivity contribution >= 4 is 5.69 Å². The third-order valence-corrected chi connectivity index (χ3v) is 3.61. The SMILES string of the molecule is COc1ccc(C(c2ccc[nH]2)c2ccc[nH]2)c([N+](=O)[O-])c1. The first-order valence-corrected chi connectivity index (χ1v) is 6.79. The molecule has 2 N–H and O–H groups in total. The van der Waals surface area contributed by atoms with Crippen LogP contribution in [0.1, 0.15) is 22.9 Å². The summed E-state index contributed by atoms with van der Waals surface area (Å²) < 4.78 is 5.10. The van der Waals surface area contributed by atoms with Crippen molar-refractivity contribution in [2.45, 2.75) is 5.92 Å². The number of aromatic nitrogens is 2. The summed E-state index contributed by atoms with van der Waals surface area (Å²) in [6, 6.07) is 12.5. The Hall–Kier alpha value is -3.02. The van der Waals surface area contributed by atoms with Gasteiger partial charge in [0.05, 0.1) is 24.0 Å². The van der Waals surface area contributed by atoms with Crippen LogP contribution in [0, 0.1) is 10.1 Å². The minimum absolute atomic E-state index is 0.0357. The second kappa shape index (κ2) is 5.77. The fourth-order valence-corrected chi connectivity index (χ4v) is 2.60. The molecular weight excluding hydrogens is 282 g/mol. The maximum atomic E-state index is 11.5. The minimum Gasteiger partial charge on any atom is -0.497 e. The van der Waals surface area contributed by atoms with E-state index in [4.69, 9.17) is 4.74 Å². The normalized spacial score (nSPS) is 10.8. The summed E-state index contributed by atoms with van der Waals surface area (Å²) in [6.45, 7) is 0. The number of hydrogen-bond acceptors (Lipinski definition) is 3. The number of nitro benzene ring substituents is 1. The second-order valence-electron chi connectivity index (χ2n) is 4.87. The molecule has 0 saturated carbocycles. The van der Waals surface area contributed by atoms with Gasteiger partial charge in [-0.05, 0) is 36.4 Å². The number of H-pyrrole nitrogens is 2. The number of hydrogen-bond donors (Lipinski definition) is 2. The number of methoxy groups -OCH3 is 1. The molecule has 0 amide bonds. The van der Waals surface area contributed by atoms with E-state index in [0.29, 0.717) is 11.3 Å². The molecule has 0 aliphatic carbocycles. The third-order valence-electron chi connectivity index (χ3n) is 3.61. The van der Waals surface area contributed by atoms with E-state index in [-0.39, 0.29) is 16.5 Å². The number of ether oxygens (including phenoxy) is 1. The molecule has 2 heterocycles. The molecule has 0 saturated heterocycles. The van der Waals surface area contributed by atoms with Crippen LogP contribution in [0.2, 0.25) is 0 Å². The fraction of sp³-hybridized carbons (Fsp3) is 0.125. The lowest BCUT2D eigenvalue weighted by Gasteiger charge is -2.16. The van der Waals surface area contributed by atoms with Crippen LogP contribution in [0.3, 0.4) is 0 Å². The highest BCUT2D eigenvalue weighted by molar-refractivity contribution is 5.53. The summed E-state index contributed by atoms with van der Waals surface area (Å²) in [5, 5.41) is 11.5. The predicted octanol–water partition coefficient (Wildman–Crippen LogP) is 3.44. The first-order valence-electron chi connectivity index (χ1n) is 6.79. The van der Waals surface area contributed by atoms with Gasteiger partial charge < -0.3 is 14.7 Å². The molecule has 3 rings (SSSR count). The molecular formula is C16H15N3O3. The van der Waals surface area contributed by atoms with Gasteiger partial charge in [-0.1, -0.05) is 0 Å². The fourth-order valence-electron chi connectivity index (χ4n) is 2.60. The molecule has 112 valence electrons. The highest BCUT2D eigenvalue weighted by atomic mass is 16.6. The van der Waals surface area contributed by atoms with Crippen molar-refractivity contribution in [3.05, 3.63) is 81.9 Å². The lowest BCUT2D eigenvalue weighted by Crippen LogP contribution is -2.07. The Bertz CT molecular complexity index is 730. The summed E-state index contributed by atoms with van der Waals surface area (Å²) in [6.07, 6.45) is 3.61. The van der Waals surface area contributed by atoms with E-state index in [1.54, 1.807) is 24.5 Å². The number of nitro groups is 1. The summed E-state index contributed by atoms with van der Waals surface area (Å²) in [7, 11) is 1.49. The highest BCUT2D eigenvalue weighted by Gasteiger charge is 2.27. The maximum Gasteiger partial charge on any atom is 0.277 e. The Balaban J connectivity index is 2.19. The number of aromatic amines is 2. The van der Waals surface area contributed by atoms with Gasteiger partial charge in [-0.25, -0.2) is 0 Å². The average Bonchev–Trinajstić information content (AvgIpc) is 3.21. The molecule has 0 atom stereocenters. The molecule has 0 spiro atoms. The summed E-state index contributed by atoms with van der Waals surface area (Å²) >= 11 is 0. The summed E-state index contributed by atoms with van der Waals surface area (Å²) in [4.78, 5) is 17.4. The molecule has 0 fully saturated rings. The van der Waals surface area contributed by atoms with E-state index < -0.39 is 0 Å². The Labute approximate surface area is 126 Å². The Morgan fingerprint density at radius 3 is 2.18 bits per heavy atom. The van der Waals surface area contributed by atoms with Crippen LogP contribution in [0.4, 0.5) is 5.69 Å². The monoisotopic (exact) mass is 297 g/mol. The quantitative estimate of drug-likeness (QED) is 0.559. The zero-order valence-electron chi connectivity index (χ0n) is 11.9. The van der Waals surface area contributed by atoms with Crippen molar-refractivity contribution in [2.24, 2.45) is 0 Å². The van der Waals surface area contributed by atoms with Crippen molar-refractivity contribution in [3.8, 4) is 5.75 Å². The molecule has 22 heavy (non-hydrogen) atoms. The molecule has 3 aromatic rings. The summed E-state index contributed by atoms with van der Waals surface area (Å²) in [5.41, 5.74) is 2.41. The van der Waals surface area contributed by atoms with Gasteiger partial charge in [-0.15, -0.1) is 0 Å². The first-order chi connectivity index (χ1) is 10.7. The summed E-state index contributed by atoms with van der Waals surface area (Å²) in [5.74, 6) is 0.198. The molecule has 6 nitrogen and oxygen atoms in total. The van der Waals surface area contributed by atoms with Gasteiger partial charge in [0.2, 0.25) is 0 Å². The van der Waals surface area contributed by atoms with Crippen LogP contribution in [-0.4, -0.2) is 22.0 Å². The van der Waals surface area contributed by atoms with Crippen molar-refractivity contribution in [3.63, 3.8) is 0 Å². The van der Waals surface area contributed by atoms with Crippen LogP contribution in [-0.2, 0) is 0 Å². The van der Waals surface area contributed by atoms with E-state index in [1.165, 1.54) is 13.2 Å². The van der Waals surface area contributed by atoms with E-state index in [1.807, 2.05) is 24.3 Å². The lowest BCUT2D eigenvalue weighted by molar-refractivity contribution is -0.385. The average molecular weight is 297 g/mol. The Morgan fingerprint density at radius 2 is 1.73 bits per heavy atom. The van der Waals surface area contributed by atoms with Gasteiger partial charge in [-0.3, -0.25) is 10.1 Å². The number of benzene rings is 1. The Morgan fingerprint density at radius 1 is 1.09 bits per heavy atom. The van der Waals surface area contributed by atoms with Gasteiger partial charge in [-0.2, -0.15) is 0 Å². The maximum absolute atomic E-state index is 11.5. The molecule has 6 heteroatoms. The zero-order chi connectivity index (χ0) is 15.5. The van der Waals surface area contributed by atoms with Gasteiger partial charge >= 0.3 is 0 Å². The number of nitrogens with zero attached hydrogens (tertiary/aromatic N) is 1. The van der Waals surface area contributed by atoms with E-state index in [9.17, 15) is 10.1 Å². The smallest absolute Gasteiger partial charge is 0.277 e. The van der Waals surface area contributed by atoms with E-state index >= 15 is 0 Å². The van der Waals surface area contributed by atoms with Crippen molar-refractivity contribution in [1.82, 2.24) is 9.97 Å². The van der Waals surface area contributed by atoms with E-state index in [0.717, 1.165) is 11.4 Å². The number of rotatable bonds is 5.